The Balaban J connectivity index is 2.16. The van der Waals surface area contributed by atoms with Crippen molar-refractivity contribution in [2.24, 2.45) is 11.7 Å². The van der Waals surface area contributed by atoms with Gasteiger partial charge in [0, 0.05) is 18.3 Å². The summed E-state index contributed by atoms with van der Waals surface area (Å²) in [7, 11) is 0. The summed E-state index contributed by atoms with van der Waals surface area (Å²) >= 11 is 0. The lowest BCUT2D eigenvalue weighted by atomic mass is 9.93. The van der Waals surface area contributed by atoms with Gasteiger partial charge in [0.25, 0.3) is 0 Å². The average molecular weight is 260 g/mol. The van der Waals surface area contributed by atoms with E-state index in [9.17, 15) is 4.79 Å². The molecule has 0 bridgehead atoms. The van der Waals surface area contributed by atoms with Crippen LogP contribution in [0.5, 0.6) is 0 Å². The van der Waals surface area contributed by atoms with E-state index >= 15 is 0 Å². The molecule has 1 fully saturated rings. The monoisotopic (exact) mass is 260 g/mol. The van der Waals surface area contributed by atoms with Crippen molar-refractivity contribution < 1.29 is 4.79 Å². The number of benzene rings is 1. The minimum atomic E-state index is -0.0114. The molecule has 1 aromatic rings. The molecule has 0 aromatic heterocycles. The summed E-state index contributed by atoms with van der Waals surface area (Å²) in [6.45, 7) is 2.72. The van der Waals surface area contributed by atoms with Crippen LogP contribution in [0, 0.1) is 5.92 Å². The number of nitrogens with zero attached hydrogens (tertiary/aromatic N) is 1. The van der Waals surface area contributed by atoms with Gasteiger partial charge in [-0.3, -0.25) is 4.79 Å². The van der Waals surface area contributed by atoms with Crippen LogP contribution in [0.15, 0.2) is 30.3 Å². The number of carbonyl (C=O) groups is 1. The second-order valence-electron chi connectivity index (χ2n) is 5.33. The normalized spacial score (nSPS) is 23.7. The van der Waals surface area contributed by atoms with E-state index in [0.29, 0.717) is 6.54 Å². The molecule has 19 heavy (non-hydrogen) atoms. The number of anilines is 1. The van der Waals surface area contributed by atoms with Crippen molar-refractivity contribution in [3.63, 3.8) is 0 Å². The SMILES string of the molecule is CCN(C(=O)C1CCCCCC1N)c1ccccc1. The predicted molar refractivity (Wildman–Crippen MR) is 79.0 cm³/mol. The maximum Gasteiger partial charge on any atom is 0.231 e. The second kappa shape index (κ2) is 6.71. The maximum atomic E-state index is 12.7. The van der Waals surface area contributed by atoms with Gasteiger partial charge in [-0.25, -0.2) is 0 Å². The van der Waals surface area contributed by atoms with Crippen LogP contribution in [0.3, 0.4) is 0 Å². The number of nitrogens with two attached hydrogens (primary N) is 1. The molecule has 0 aliphatic heterocycles. The molecule has 0 radical (unpaired) electrons. The molecule has 1 aliphatic rings. The largest absolute Gasteiger partial charge is 0.327 e. The first-order valence-electron chi connectivity index (χ1n) is 7.36. The van der Waals surface area contributed by atoms with Crippen LogP contribution in [0.1, 0.15) is 39.0 Å². The third-order valence-corrected chi connectivity index (χ3v) is 4.04. The van der Waals surface area contributed by atoms with Gasteiger partial charge < -0.3 is 10.6 Å². The van der Waals surface area contributed by atoms with Crippen molar-refractivity contribution in [1.29, 1.82) is 0 Å². The van der Waals surface area contributed by atoms with Crippen LogP contribution in [-0.4, -0.2) is 18.5 Å². The van der Waals surface area contributed by atoms with Crippen molar-refractivity contribution in [1.82, 2.24) is 0 Å². The zero-order valence-electron chi connectivity index (χ0n) is 11.7. The lowest BCUT2D eigenvalue weighted by molar-refractivity contribution is -0.123. The molecular weight excluding hydrogens is 236 g/mol. The molecule has 1 aromatic carbocycles. The molecule has 3 heteroatoms. The fraction of sp³-hybridized carbons (Fsp3) is 0.562. The molecule has 104 valence electrons. The van der Waals surface area contributed by atoms with Gasteiger partial charge in [0.2, 0.25) is 5.91 Å². The fourth-order valence-corrected chi connectivity index (χ4v) is 2.92. The Kier molecular flexibility index (Phi) is 4.97. The molecular formula is C16H24N2O. The van der Waals surface area contributed by atoms with Crippen molar-refractivity contribution in [3.8, 4) is 0 Å². The van der Waals surface area contributed by atoms with Crippen molar-refractivity contribution >= 4 is 11.6 Å². The van der Waals surface area contributed by atoms with Gasteiger partial charge in [0.05, 0.1) is 5.92 Å². The Morgan fingerprint density at radius 3 is 2.58 bits per heavy atom. The maximum absolute atomic E-state index is 12.7. The summed E-state index contributed by atoms with van der Waals surface area (Å²) in [5.41, 5.74) is 7.18. The molecule has 2 rings (SSSR count). The van der Waals surface area contributed by atoms with Gasteiger partial charge in [-0.2, -0.15) is 0 Å². The van der Waals surface area contributed by atoms with Crippen molar-refractivity contribution in [3.05, 3.63) is 30.3 Å². The van der Waals surface area contributed by atoms with E-state index < -0.39 is 0 Å². The summed E-state index contributed by atoms with van der Waals surface area (Å²) in [4.78, 5) is 14.6. The van der Waals surface area contributed by atoms with Crippen LogP contribution in [0.4, 0.5) is 5.69 Å². The Morgan fingerprint density at radius 1 is 1.21 bits per heavy atom. The molecule has 3 nitrogen and oxygen atoms in total. The number of hydrogen-bond donors (Lipinski definition) is 1. The highest BCUT2D eigenvalue weighted by molar-refractivity contribution is 5.95. The lowest BCUT2D eigenvalue weighted by Crippen LogP contribution is -2.44. The van der Waals surface area contributed by atoms with Gasteiger partial charge in [-0.15, -0.1) is 0 Å². The van der Waals surface area contributed by atoms with E-state index in [2.05, 4.69) is 0 Å². The first-order chi connectivity index (χ1) is 9.24. The Morgan fingerprint density at radius 2 is 1.89 bits per heavy atom. The molecule has 2 atom stereocenters. The van der Waals surface area contributed by atoms with E-state index in [1.54, 1.807) is 0 Å². The standard InChI is InChI=1S/C16H24N2O/c1-2-18(13-9-5-3-6-10-13)16(19)14-11-7-4-8-12-15(14)17/h3,5-6,9-10,14-15H,2,4,7-8,11-12,17H2,1H3. The quantitative estimate of drug-likeness (QED) is 0.849. The van der Waals surface area contributed by atoms with E-state index in [4.69, 9.17) is 5.73 Å². The highest BCUT2D eigenvalue weighted by atomic mass is 16.2. The number of carbonyl (C=O) groups excluding carboxylic acids is 1. The summed E-state index contributed by atoms with van der Waals surface area (Å²) in [5.74, 6) is 0.186. The van der Waals surface area contributed by atoms with Crippen LogP contribution in [0.2, 0.25) is 0 Å². The Hall–Kier alpha value is -1.35. The van der Waals surface area contributed by atoms with E-state index in [1.165, 1.54) is 6.42 Å². The van der Waals surface area contributed by atoms with Gasteiger partial charge in [-0.1, -0.05) is 37.5 Å². The summed E-state index contributed by atoms with van der Waals surface area (Å²) in [6, 6.07) is 9.91. The van der Waals surface area contributed by atoms with Crippen LogP contribution in [-0.2, 0) is 4.79 Å². The van der Waals surface area contributed by atoms with Crippen molar-refractivity contribution in [2.45, 2.75) is 45.1 Å². The summed E-state index contributed by atoms with van der Waals surface area (Å²) in [5, 5.41) is 0. The summed E-state index contributed by atoms with van der Waals surface area (Å²) < 4.78 is 0. The van der Waals surface area contributed by atoms with E-state index in [-0.39, 0.29) is 17.9 Å². The third kappa shape index (κ3) is 3.35. The smallest absolute Gasteiger partial charge is 0.231 e. The van der Waals surface area contributed by atoms with Crippen LogP contribution >= 0.6 is 0 Å². The van der Waals surface area contributed by atoms with Crippen LogP contribution < -0.4 is 10.6 Å². The van der Waals surface area contributed by atoms with E-state index in [1.807, 2.05) is 42.2 Å². The predicted octanol–water partition coefficient (Wildman–Crippen LogP) is 2.95. The molecule has 0 saturated heterocycles. The third-order valence-electron chi connectivity index (χ3n) is 4.04. The molecule has 0 spiro atoms. The minimum absolute atomic E-state index is 0.0114. The first-order valence-corrected chi connectivity index (χ1v) is 7.36. The van der Waals surface area contributed by atoms with Gasteiger partial charge in [-0.05, 0) is 31.9 Å². The Bertz CT molecular complexity index is 404. The second-order valence-corrected chi connectivity index (χ2v) is 5.33. The number of para-hydroxylation sites is 1. The molecule has 2 unspecified atom stereocenters. The first kappa shape index (κ1) is 14.1. The average Bonchev–Trinajstić information content (AvgIpc) is 2.65. The van der Waals surface area contributed by atoms with E-state index in [0.717, 1.165) is 31.4 Å². The Labute approximate surface area is 115 Å². The van der Waals surface area contributed by atoms with Gasteiger partial charge >= 0.3 is 0 Å². The highest BCUT2D eigenvalue weighted by Crippen LogP contribution is 2.26. The summed E-state index contributed by atoms with van der Waals surface area (Å²) in [6.07, 6.45) is 5.39. The van der Waals surface area contributed by atoms with Gasteiger partial charge in [0.1, 0.15) is 0 Å². The topological polar surface area (TPSA) is 46.3 Å². The molecule has 1 aliphatic carbocycles. The van der Waals surface area contributed by atoms with Gasteiger partial charge in [0.15, 0.2) is 0 Å². The number of hydrogen-bond acceptors (Lipinski definition) is 2. The lowest BCUT2D eigenvalue weighted by Gasteiger charge is -2.28. The fourth-order valence-electron chi connectivity index (χ4n) is 2.92. The number of rotatable bonds is 3. The molecule has 2 N–H and O–H groups in total. The van der Waals surface area contributed by atoms with Crippen LogP contribution in [0.25, 0.3) is 0 Å². The molecule has 1 saturated carbocycles. The zero-order valence-corrected chi connectivity index (χ0v) is 11.7. The zero-order chi connectivity index (χ0) is 13.7. The van der Waals surface area contributed by atoms with Crippen molar-refractivity contribution in [2.75, 3.05) is 11.4 Å². The highest BCUT2D eigenvalue weighted by Gasteiger charge is 2.30. The number of amides is 1. The minimum Gasteiger partial charge on any atom is -0.327 e. The molecule has 1 amide bonds. The molecule has 0 heterocycles.